The second-order valence-corrected chi connectivity index (χ2v) is 12.4. The fourth-order valence-electron chi connectivity index (χ4n) is 4.36. The Hall–Kier alpha value is -3.47. The van der Waals surface area contributed by atoms with E-state index in [1.807, 2.05) is 13.8 Å². The number of benzene rings is 3. The summed E-state index contributed by atoms with van der Waals surface area (Å²) in [7, 11) is -1.39. The van der Waals surface area contributed by atoms with Crippen molar-refractivity contribution in [2.24, 2.45) is 0 Å². The molecule has 12 heteroatoms. The van der Waals surface area contributed by atoms with Crippen molar-refractivity contribution < 1.29 is 27.5 Å². The molecule has 0 saturated heterocycles. The van der Waals surface area contributed by atoms with Crippen molar-refractivity contribution in [1.29, 1.82) is 0 Å². The molecule has 0 aromatic heterocycles. The van der Waals surface area contributed by atoms with E-state index in [4.69, 9.17) is 32.7 Å². The van der Waals surface area contributed by atoms with Crippen LogP contribution in [0.25, 0.3) is 0 Å². The van der Waals surface area contributed by atoms with Gasteiger partial charge < -0.3 is 19.7 Å². The molecule has 3 aromatic rings. The number of nitrogens with zero attached hydrogens (tertiary/aromatic N) is 2. The van der Waals surface area contributed by atoms with Gasteiger partial charge in [0.05, 0.1) is 34.8 Å². The zero-order chi connectivity index (χ0) is 31.0. The highest BCUT2D eigenvalue weighted by Gasteiger charge is 2.35. The van der Waals surface area contributed by atoms with Crippen molar-refractivity contribution in [2.45, 2.75) is 50.7 Å². The van der Waals surface area contributed by atoms with E-state index in [0.29, 0.717) is 21.4 Å². The van der Waals surface area contributed by atoms with Crippen LogP contribution >= 0.6 is 23.2 Å². The summed E-state index contributed by atoms with van der Waals surface area (Å²) in [6, 6.07) is 16.2. The van der Waals surface area contributed by atoms with Gasteiger partial charge in [0.25, 0.3) is 10.0 Å². The molecule has 1 atom stereocenters. The molecule has 0 aliphatic rings. The van der Waals surface area contributed by atoms with Crippen LogP contribution in [0.2, 0.25) is 10.0 Å². The Morgan fingerprint density at radius 2 is 1.60 bits per heavy atom. The number of carbonyl (C=O) groups is 2. The number of hydrogen-bond acceptors (Lipinski definition) is 6. The lowest BCUT2D eigenvalue weighted by Gasteiger charge is -2.34. The van der Waals surface area contributed by atoms with E-state index in [9.17, 15) is 18.0 Å². The average Bonchev–Trinajstić information content (AvgIpc) is 2.97. The van der Waals surface area contributed by atoms with Gasteiger partial charge in [-0.1, -0.05) is 48.3 Å². The van der Waals surface area contributed by atoms with Gasteiger partial charge in [-0.05, 0) is 74.4 Å². The van der Waals surface area contributed by atoms with Gasteiger partial charge >= 0.3 is 0 Å². The molecule has 0 unspecified atom stereocenters. The Kier molecular flexibility index (Phi) is 11.5. The molecule has 0 aliphatic heterocycles. The zero-order valence-corrected chi connectivity index (χ0v) is 26.5. The summed E-state index contributed by atoms with van der Waals surface area (Å²) in [4.78, 5) is 28.7. The third-order valence-corrected chi connectivity index (χ3v) is 8.95. The van der Waals surface area contributed by atoms with Crippen molar-refractivity contribution in [3.8, 4) is 11.5 Å². The van der Waals surface area contributed by atoms with Crippen LogP contribution in [0.5, 0.6) is 11.5 Å². The minimum atomic E-state index is -4.29. The molecule has 0 radical (unpaired) electrons. The lowest BCUT2D eigenvalue weighted by atomic mass is 10.1. The van der Waals surface area contributed by atoms with E-state index in [0.717, 1.165) is 4.31 Å². The molecule has 226 valence electrons. The molecule has 0 fully saturated rings. The molecular formula is C30H35Cl2N3O6S. The van der Waals surface area contributed by atoms with Crippen LogP contribution in [0, 0.1) is 0 Å². The van der Waals surface area contributed by atoms with Crippen LogP contribution in [0.15, 0.2) is 71.6 Å². The number of carbonyl (C=O) groups excluding carboxylic acids is 2. The number of rotatable bonds is 13. The highest BCUT2D eigenvalue weighted by atomic mass is 35.5. The second kappa shape index (κ2) is 14.6. The van der Waals surface area contributed by atoms with Crippen LogP contribution in [-0.2, 0) is 26.2 Å². The van der Waals surface area contributed by atoms with Gasteiger partial charge in [0.1, 0.15) is 24.1 Å². The molecule has 0 aliphatic carbocycles. The maximum absolute atomic E-state index is 14.2. The standard InChI is InChI=1S/C30H35Cl2N3O6S/c1-6-26(30(37)33-20(2)3)34(18-21-11-16-24(31)25(32)17-21)29(36)19-35(27-9-7-8-10-28(27)41-5)42(38,39)23-14-12-22(40-4)13-15-23/h7-17,20,26H,6,18-19H2,1-5H3,(H,33,37)/t26-/m1/s1. The molecular weight excluding hydrogens is 601 g/mol. The molecule has 9 nitrogen and oxygen atoms in total. The quantitative estimate of drug-likeness (QED) is 0.264. The Morgan fingerprint density at radius 3 is 2.17 bits per heavy atom. The van der Waals surface area contributed by atoms with Gasteiger partial charge in [-0.2, -0.15) is 0 Å². The number of para-hydroxylation sites is 2. The van der Waals surface area contributed by atoms with Crippen molar-refractivity contribution in [2.75, 3.05) is 25.1 Å². The Morgan fingerprint density at radius 1 is 0.929 bits per heavy atom. The van der Waals surface area contributed by atoms with Crippen LogP contribution in [0.1, 0.15) is 32.8 Å². The third kappa shape index (κ3) is 7.87. The summed E-state index contributed by atoms with van der Waals surface area (Å²) in [5.41, 5.74) is 0.786. The maximum atomic E-state index is 14.2. The SMILES string of the molecule is CC[C@H](C(=O)NC(C)C)N(Cc1ccc(Cl)c(Cl)c1)C(=O)CN(c1ccccc1OC)S(=O)(=O)c1ccc(OC)cc1. The summed E-state index contributed by atoms with van der Waals surface area (Å²) < 4.78 is 39.8. The van der Waals surface area contributed by atoms with Gasteiger partial charge in [0, 0.05) is 12.6 Å². The first kappa shape index (κ1) is 33.0. The number of amides is 2. The molecule has 0 saturated carbocycles. The molecule has 3 rings (SSSR count). The average molecular weight is 637 g/mol. The van der Waals surface area contributed by atoms with Gasteiger partial charge in [-0.3, -0.25) is 13.9 Å². The van der Waals surface area contributed by atoms with E-state index in [2.05, 4.69) is 5.32 Å². The summed E-state index contributed by atoms with van der Waals surface area (Å²) >= 11 is 12.3. The van der Waals surface area contributed by atoms with Crippen LogP contribution in [-0.4, -0.2) is 58.0 Å². The summed E-state index contributed by atoms with van der Waals surface area (Å²) in [5, 5.41) is 3.50. The van der Waals surface area contributed by atoms with Crippen molar-refractivity contribution in [1.82, 2.24) is 10.2 Å². The van der Waals surface area contributed by atoms with Gasteiger partial charge in [-0.15, -0.1) is 0 Å². The molecule has 0 spiro atoms. The minimum absolute atomic E-state index is 0.0118. The monoisotopic (exact) mass is 635 g/mol. The number of sulfonamides is 1. The predicted octanol–water partition coefficient (Wildman–Crippen LogP) is 5.54. The topological polar surface area (TPSA) is 105 Å². The smallest absolute Gasteiger partial charge is 0.264 e. The zero-order valence-electron chi connectivity index (χ0n) is 24.1. The fourth-order valence-corrected chi connectivity index (χ4v) is 6.10. The first-order chi connectivity index (χ1) is 19.9. The lowest BCUT2D eigenvalue weighted by Crippen LogP contribution is -2.53. The number of hydrogen-bond donors (Lipinski definition) is 1. The number of halogens is 2. The summed E-state index contributed by atoms with van der Waals surface area (Å²) in [6.07, 6.45) is 0.283. The third-order valence-electron chi connectivity index (χ3n) is 6.43. The van der Waals surface area contributed by atoms with Crippen LogP contribution in [0.3, 0.4) is 0 Å². The van der Waals surface area contributed by atoms with Gasteiger partial charge in [0.2, 0.25) is 11.8 Å². The highest BCUT2D eigenvalue weighted by Crippen LogP contribution is 2.33. The van der Waals surface area contributed by atoms with Crippen molar-refractivity contribution in [3.05, 3.63) is 82.3 Å². The molecule has 1 N–H and O–H groups in total. The number of methoxy groups -OCH3 is 2. The number of nitrogens with one attached hydrogen (secondary N) is 1. The van der Waals surface area contributed by atoms with E-state index in [1.165, 1.54) is 43.4 Å². The Labute approximate surface area is 257 Å². The first-order valence-corrected chi connectivity index (χ1v) is 15.5. The van der Waals surface area contributed by atoms with Gasteiger partial charge in [-0.25, -0.2) is 8.42 Å². The Bertz CT molecular complexity index is 1500. The summed E-state index contributed by atoms with van der Waals surface area (Å²) in [6.45, 7) is 4.80. The van der Waals surface area contributed by atoms with Gasteiger partial charge in [0.15, 0.2) is 0 Å². The van der Waals surface area contributed by atoms with Crippen LogP contribution < -0.4 is 19.1 Å². The van der Waals surface area contributed by atoms with E-state index < -0.39 is 28.5 Å². The molecule has 3 aromatic carbocycles. The maximum Gasteiger partial charge on any atom is 0.264 e. The van der Waals surface area contributed by atoms with Crippen LogP contribution in [0.4, 0.5) is 5.69 Å². The normalized spacial score (nSPS) is 12.0. The molecule has 42 heavy (non-hydrogen) atoms. The molecule has 0 bridgehead atoms. The Balaban J connectivity index is 2.12. The molecule has 0 heterocycles. The largest absolute Gasteiger partial charge is 0.497 e. The number of anilines is 1. The van der Waals surface area contributed by atoms with E-state index in [1.54, 1.807) is 49.4 Å². The second-order valence-electron chi connectivity index (χ2n) is 9.72. The fraction of sp³-hybridized carbons (Fsp3) is 0.333. The number of ether oxygens (including phenoxy) is 2. The van der Waals surface area contributed by atoms with Crippen molar-refractivity contribution >= 4 is 50.7 Å². The first-order valence-electron chi connectivity index (χ1n) is 13.3. The lowest BCUT2D eigenvalue weighted by molar-refractivity contribution is -0.140. The highest BCUT2D eigenvalue weighted by molar-refractivity contribution is 7.92. The van der Waals surface area contributed by atoms with E-state index >= 15 is 0 Å². The summed E-state index contributed by atoms with van der Waals surface area (Å²) in [5.74, 6) is -0.232. The predicted molar refractivity (Wildman–Crippen MR) is 165 cm³/mol. The van der Waals surface area contributed by atoms with E-state index in [-0.39, 0.29) is 41.2 Å². The van der Waals surface area contributed by atoms with Crippen molar-refractivity contribution in [3.63, 3.8) is 0 Å². The minimum Gasteiger partial charge on any atom is -0.497 e. The molecule has 2 amide bonds.